The van der Waals surface area contributed by atoms with Crippen molar-refractivity contribution < 1.29 is 34.3 Å². The van der Waals surface area contributed by atoms with Crippen LogP contribution in [0.25, 0.3) is 0 Å². The van der Waals surface area contributed by atoms with E-state index in [-0.39, 0.29) is 0 Å². The van der Waals surface area contributed by atoms with Crippen LogP contribution in [0.4, 0.5) is 0 Å². The second-order valence-electron chi connectivity index (χ2n) is 2.72. The van der Waals surface area contributed by atoms with E-state index in [0.29, 0.717) is 0 Å². The summed E-state index contributed by atoms with van der Waals surface area (Å²) in [4.78, 5) is 4.98. The second kappa shape index (κ2) is 37.6. The molecule has 0 aliphatic carbocycles. The molecule has 0 aliphatic heterocycles. The van der Waals surface area contributed by atoms with Crippen LogP contribution in [0.5, 0.6) is 0 Å². The van der Waals surface area contributed by atoms with Gasteiger partial charge in [0.25, 0.3) is 0 Å². The summed E-state index contributed by atoms with van der Waals surface area (Å²) in [6.07, 6.45) is 0. The third kappa shape index (κ3) is 34.0. The van der Waals surface area contributed by atoms with Crippen LogP contribution >= 0.6 is 15.9 Å². The molecule has 0 heterocycles. The van der Waals surface area contributed by atoms with E-state index in [2.05, 4.69) is 97.8 Å². The van der Waals surface area contributed by atoms with Crippen molar-refractivity contribution in [3.8, 4) is 4.81 Å². The molecule has 0 aliphatic rings. The Hall–Kier alpha value is -0.548. The van der Waals surface area contributed by atoms with Gasteiger partial charge in [0.05, 0.1) is 0 Å². The number of halogens is 1. The van der Waals surface area contributed by atoms with E-state index >= 15 is 0 Å². The molecule has 0 bridgehead atoms. The maximum absolute atomic E-state index is 7.50. The van der Waals surface area contributed by atoms with Crippen molar-refractivity contribution in [1.82, 2.24) is 4.90 Å². The van der Waals surface area contributed by atoms with Gasteiger partial charge in [-0.15, -0.1) is 0 Å². The van der Waals surface area contributed by atoms with Crippen molar-refractivity contribution in [1.29, 1.82) is 0 Å². The molecule has 0 aromatic heterocycles. The SMILES string of the molecule is CCN([C]#[Cr])CC.[C-]#[O+].[C-]#[O+].[C-]#[O+].[C-]#[O+].[Se]c1ccc(Br)cc1. The molecule has 0 saturated carbocycles. The topological polar surface area (TPSA) is 82.8 Å². The van der Waals surface area contributed by atoms with Gasteiger partial charge in [-0.3, -0.25) is 0 Å². The summed E-state index contributed by atoms with van der Waals surface area (Å²) >= 11 is 8.96. The van der Waals surface area contributed by atoms with Gasteiger partial charge in [0.2, 0.25) is 0 Å². The van der Waals surface area contributed by atoms with E-state index in [4.69, 9.17) is 18.6 Å². The Morgan fingerprint density at radius 3 is 1.39 bits per heavy atom. The Balaban J connectivity index is -0.0000000659. The van der Waals surface area contributed by atoms with E-state index in [9.17, 15) is 0 Å². The van der Waals surface area contributed by atoms with Gasteiger partial charge >= 0.3 is 163 Å². The van der Waals surface area contributed by atoms with Crippen LogP contribution in [0.2, 0.25) is 0 Å². The summed E-state index contributed by atoms with van der Waals surface area (Å²) < 4.78 is 32.3. The van der Waals surface area contributed by atoms with Crippen LogP contribution in [-0.2, 0) is 34.3 Å². The molecular formula is C15H14BrCrNO4Se. The molecule has 0 fully saturated rings. The van der Waals surface area contributed by atoms with Gasteiger partial charge in [0, 0.05) is 0 Å². The van der Waals surface area contributed by atoms with Gasteiger partial charge < -0.3 is 0 Å². The predicted octanol–water partition coefficient (Wildman–Crippen LogP) is 1.88. The fourth-order valence-electron chi connectivity index (χ4n) is 0.787. The summed E-state index contributed by atoms with van der Waals surface area (Å²) in [5.41, 5.74) is 0. The summed E-state index contributed by atoms with van der Waals surface area (Å²) in [5.74, 6) is 0. The van der Waals surface area contributed by atoms with Crippen LogP contribution in [0.1, 0.15) is 13.8 Å². The zero-order chi connectivity index (χ0) is 19.7. The number of rotatable bonds is 2. The Labute approximate surface area is 162 Å². The van der Waals surface area contributed by atoms with Gasteiger partial charge in [-0.1, -0.05) is 0 Å². The molecule has 1 aromatic rings. The average Bonchev–Trinajstić information content (AvgIpc) is 2.66. The number of benzene rings is 1. The molecule has 0 spiro atoms. The summed E-state index contributed by atoms with van der Waals surface area (Å²) in [6.45, 7) is 24.3. The van der Waals surface area contributed by atoms with E-state index in [0.717, 1.165) is 17.6 Å². The van der Waals surface area contributed by atoms with Gasteiger partial charge in [0.1, 0.15) is 0 Å². The third-order valence-electron chi connectivity index (χ3n) is 1.71. The van der Waals surface area contributed by atoms with E-state index < -0.39 is 0 Å². The Morgan fingerprint density at radius 2 is 1.26 bits per heavy atom. The van der Waals surface area contributed by atoms with Gasteiger partial charge in [-0.05, 0) is 0 Å². The van der Waals surface area contributed by atoms with Gasteiger partial charge in [-0.25, -0.2) is 0 Å². The fraction of sp³-hybridized carbons (Fsp3) is 0.267. The Morgan fingerprint density at radius 1 is 0.957 bits per heavy atom. The van der Waals surface area contributed by atoms with Crippen molar-refractivity contribution in [2.75, 3.05) is 13.1 Å². The van der Waals surface area contributed by atoms with Crippen molar-refractivity contribution in [2.45, 2.75) is 13.8 Å². The van der Waals surface area contributed by atoms with E-state index in [1.165, 1.54) is 4.46 Å². The zero-order valence-electron chi connectivity index (χ0n) is 12.5. The van der Waals surface area contributed by atoms with Crippen molar-refractivity contribution >= 4 is 36.4 Å². The number of hydrogen-bond donors (Lipinski definition) is 0. The normalized spacial score (nSPS) is 6.22. The first-order chi connectivity index (χ1) is 11.1. The monoisotopic (exact) mass is 483 g/mol. The van der Waals surface area contributed by atoms with Gasteiger partial charge in [-0.2, -0.15) is 0 Å². The fourth-order valence-corrected chi connectivity index (χ4v) is 1.74. The molecule has 23 heavy (non-hydrogen) atoms. The van der Waals surface area contributed by atoms with Crippen molar-refractivity contribution in [2.24, 2.45) is 0 Å². The maximum atomic E-state index is 7.50. The average molecular weight is 483 g/mol. The molecule has 0 amide bonds. The first-order valence-corrected chi connectivity index (χ1v) is 7.79. The Kier molecular flexibility index (Phi) is 55.4. The molecule has 0 atom stereocenters. The quantitative estimate of drug-likeness (QED) is 0.274. The zero-order valence-corrected chi connectivity index (χ0v) is 17.1. The molecule has 1 rings (SSSR count). The van der Waals surface area contributed by atoms with Crippen LogP contribution < -0.4 is 4.46 Å². The summed E-state index contributed by atoms with van der Waals surface area (Å²) in [7, 11) is 0. The van der Waals surface area contributed by atoms with Crippen molar-refractivity contribution in [3.63, 3.8) is 0 Å². The summed E-state index contributed by atoms with van der Waals surface area (Å²) in [6, 6.07) is 8.05. The van der Waals surface area contributed by atoms with E-state index in [1.54, 1.807) is 0 Å². The Bertz CT molecular complexity index is 417. The molecule has 0 saturated heterocycles. The number of hydrogen-bond acceptors (Lipinski definition) is 1. The van der Waals surface area contributed by atoms with E-state index in [1.807, 2.05) is 24.3 Å². The standard InChI is InChI=1S/C6H4BrSe.C5H10N.4CO.Cr/c7-5-1-3-6(8)4-2-5;1-4-6(3)5-2;4*1-2;/h1-4H;4-5H2,1-2H3;;;;;. The third-order valence-corrected chi connectivity index (χ3v) is 3.21. The first kappa shape index (κ1) is 33.9. The molecule has 122 valence electrons. The second-order valence-corrected chi connectivity index (χ2v) is 4.91. The van der Waals surface area contributed by atoms with Crippen LogP contribution in [-0.4, -0.2) is 34.0 Å². The molecule has 5 nitrogen and oxygen atoms in total. The molecule has 0 unspecified atom stereocenters. The molecule has 8 heteroatoms. The van der Waals surface area contributed by atoms with Crippen molar-refractivity contribution in [3.05, 3.63) is 55.3 Å². The van der Waals surface area contributed by atoms with Crippen LogP contribution in [0, 0.1) is 31.4 Å². The minimum atomic E-state index is 1.05. The molecule has 1 aromatic carbocycles. The molecule has 0 N–H and O–H groups in total. The molecule has 1 radical (unpaired) electrons. The first-order valence-electron chi connectivity index (χ1n) is 5.51. The van der Waals surface area contributed by atoms with Crippen LogP contribution in [0.15, 0.2) is 28.7 Å². The summed E-state index contributed by atoms with van der Waals surface area (Å²) in [5, 5.41) is 0. The van der Waals surface area contributed by atoms with Crippen LogP contribution in [0.3, 0.4) is 0 Å². The molecular weight excluding hydrogens is 469 g/mol. The van der Waals surface area contributed by atoms with Gasteiger partial charge in [0.15, 0.2) is 0 Å². The number of nitrogens with zero attached hydrogens (tertiary/aromatic N) is 1. The minimum absolute atomic E-state index is 1.05. The predicted molar refractivity (Wildman–Crippen MR) is 82.1 cm³/mol.